The number of urea groups is 1. The summed E-state index contributed by atoms with van der Waals surface area (Å²) in [6.45, 7) is 2.77. The second-order valence-electron chi connectivity index (χ2n) is 4.48. The molecule has 1 atom stereocenters. The molecule has 0 aliphatic carbocycles. The number of ether oxygens (including phenoxy) is 1. The molecule has 0 spiro atoms. The number of para-hydroxylation sites is 2. The van der Waals surface area contributed by atoms with Crippen molar-refractivity contribution in [1.82, 2.24) is 4.90 Å². The summed E-state index contributed by atoms with van der Waals surface area (Å²) in [6, 6.07) is 5.91. The normalized spacial score (nSPS) is 18.1. The molecule has 6 nitrogen and oxygen atoms in total. The van der Waals surface area contributed by atoms with E-state index in [4.69, 9.17) is 4.74 Å². The van der Waals surface area contributed by atoms with Crippen molar-refractivity contribution in [3.63, 3.8) is 0 Å². The number of carbonyl (C=O) groups excluding carboxylic acids is 1. The number of nitrogens with zero attached hydrogens (tertiary/aromatic N) is 1. The van der Waals surface area contributed by atoms with Crippen molar-refractivity contribution in [1.29, 1.82) is 0 Å². The van der Waals surface area contributed by atoms with Crippen LogP contribution >= 0.6 is 11.8 Å². The summed E-state index contributed by atoms with van der Waals surface area (Å²) < 4.78 is 5.45. The van der Waals surface area contributed by atoms with Crippen LogP contribution in [0.3, 0.4) is 0 Å². The molecule has 2 amide bonds. The van der Waals surface area contributed by atoms with Gasteiger partial charge in [0.25, 0.3) is 0 Å². The number of carbonyl (C=O) groups is 2. The van der Waals surface area contributed by atoms with E-state index in [-0.39, 0.29) is 0 Å². The number of aliphatic carboxylic acids is 1. The first-order valence-electron chi connectivity index (χ1n) is 6.73. The topological polar surface area (TPSA) is 78.9 Å². The number of thioether (sulfide) groups is 1. The number of rotatable bonds is 4. The molecule has 114 valence electrons. The van der Waals surface area contributed by atoms with Gasteiger partial charge in [0.15, 0.2) is 0 Å². The zero-order valence-corrected chi connectivity index (χ0v) is 12.6. The number of amides is 2. The van der Waals surface area contributed by atoms with Gasteiger partial charge in [0.2, 0.25) is 0 Å². The Kier molecular flexibility index (Phi) is 5.32. The Morgan fingerprint density at radius 1 is 1.48 bits per heavy atom. The number of hydrogen-bond acceptors (Lipinski definition) is 4. The molecule has 2 rings (SSSR count). The molecule has 21 heavy (non-hydrogen) atoms. The quantitative estimate of drug-likeness (QED) is 0.890. The van der Waals surface area contributed by atoms with E-state index < -0.39 is 18.0 Å². The van der Waals surface area contributed by atoms with E-state index in [1.165, 1.54) is 4.90 Å². The molecule has 0 aromatic heterocycles. The SMILES string of the molecule is CCOc1ccccc1NC(=O)N1CCSCC1C(=O)O. The van der Waals surface area contributed by atoms with Gasteiger partial charge in [-0.25, -0.2) is 9.59 Å². The van der Waals surface area contributed by atoms with Crippen molar-refractivity contribution < 1.29 is 19.4 Å². The summed E-state index contributed by atoms with van der Waals surface area (Å²) in [6.07, 6.45) is 0. The molecule has 0 bridgehead atoms. The lowest BCUT2D eigenvalue weighted by Gasteiger charge is -2.32. The fourth-order valence-electron chi connectivity index (χ4n) is 2.09. The first-order valence-corrected chi connectivity index (χ1v) is 7.89. The van der Waals surface area contributed by atoms with Crippen LogP contribution in [0.2, 0.25) is 0 Å². The van der Waals surface area contributed by atoms with Crippen LogP contribution in [0.4, 0.5) is 10.5 Å². The van der Waals surface area contributed by atoms with Crippen molar-refractivity contribution in [3.05, 3.63) is 24.3 Å². The monoisotopic (exact) mass is 310 g/mol. The van der Waals surface area contributed by atoms with Crippen molar-refractivity contribution in [3.8, 4) is 5.75 Å². The minimum atomic E-state index is -0.976. The molecular weight excluding hydrogens is 292 g/mol. The standard InChI is InChI=1S/C14H18N2O4S/c1-2-20-12-6-4-3-5-10(12)15-14(19)16-7-8-21-9-11(16)13(17)18/h3-6,11H,2,7-9H2,1H3,(H,15,19)(H,17,18). The maximum atomic E-state index is 12.3. The molecule has 1 aliphatic rings. The third-order valence-corrected chi connectivity index (χ3v) is 4.13. The van der Waals surface area contributed by atoms with E-state index in [1.807, 2.05) is 13.0 Å². The highest BCUT2D eigenvalue weighted by atomic mass is 32.2. The van der Waals surface area contributed by atoms with Gasteiger partial charge in [-0.2, -0.15) is 11.8 Å². The lowest BCUT2D eigenvalue weighted by Crippen LogP contribution is -2.51. The fraction of sp³-hybridized carbons (Fsp3) is 0.429. The van der Waals surface area contributed by atoms with E-state index in [1.54, 1.807) is 30.0 Å². The predicted molar refractivity (Wildman–Crippen MR) is 82.1 cm³/mol. The third kappa shape index (κ3) is 3.81. The van der Waals surface area contributed by atoms with Crippen LogP contribution in [0, 0.1) is 0 Å². The minimum Gasteiger partial charge on any atom is -0.492 e. The molecule has 1 unspecified atom stereocenters. The molecule has 2 N–H and O–H groups in total. The molecule has 7 heteroatoms. The van der Waals surface area contributed by atoms with E-state index in [0.717, 1.165) is 5.75 Å². The van der Waals surface area contributed by atoms with Crippen molar-refractivity contribution in [2.45, 2.75) is 13.0 Å². The minimum absolute atomic E-state index is 0.408. The van der Waals surface area contributed by atoms with Gasteiger partial charge in [-0.3, -0.25) is 0 Å². The number of anilines is 1. The Balaban J connectivity index is 2.11. The summed E-state index contributed by atoms with van der Waals surface area (Å²) in [4.78, 5) is 24.9. The van der Waals surface area contributed by atoms with Crippen LogP contribution in [0.15, 0.2) is 24.3 Å². The van der Waals surface area contributed by atoms with Gasteiger partial charge >= 0.3 is 12.0 Å². The smallest absolute Gasteiger partial charge is 0.327 e. The highest BCUT2D eigenvalue weighted by Crippen LogP contribution is 2.25. The maximum Gasteiger partial charge on any atom is 0.327 e. The van der Waals surface area contributed by atoms with Gasteiger partial charge in [0, 0.05) is 18.1 Å². The Labute approximate surface area is 127 Å². The molecule has 1 aromatic rings. The molecule has 1 heterocycles. The fourth-order valence-corrected chi connectivity index (χ4v) is 3.13. The Hall–Kier alpha value is -1.89. The lowest BCUT2D eigenvalue weighted by atomic mass is 10.2. The molecule has 1 fully saturated rings. The van der Waals surface area contributed by atoms with Crippen LogP contribution in [0.5, 0.6) is 5.75 Å². The van der Waals surface area contributed by atoms with Crippen molar-refractivity contribution in [2.75, 3.05) is 30.0 Å². The summed E-state index contributed by atoms with van der Waals surface area (Å²) in [5.74, 6) is 0.752. The van der Waals surface area contributed by atoms with E-state index in [0.29, 0.717) is 30.3 Å². The predicted octanol–water partition coefficient (Wildman–Crippen LogP) is 2.12. The summed E-state index contributed by atoms with van der Waals surface area (Å²) in [5, 5.41) is 11.9. The van der Waals surface area contributed by atoms with Gasteiger partial charge < -0.3 is 20.1 Å². The van der Waals surface area contributed by atoms with Crippen LogP contribution in [0.25, 0.3) is 0 Å². The highest BCUT2D eigenvalue weighted by Gasteiger charge is 2.32. The Morgan fingerprint density at radius 2 is 2.24 bits per heavy atom. The van der Waals surface area contributed by atoms with E-state index in [2.05, 4.69) is 5.32 Å². The summed E-state index contributed by atoms with van der Waals surface area (Å²) in [5.41, 5.74) is 0.548. The molecule has 1 saturated heterocycles. The van der Waals surface area contributed by atoms with E-state index >= 15 is 0 Å². The number of hydrogen-bond donors (Lipinski definition) is 2. The molecular formula is C14H18N2O4S. The largest absolute Gasteiger partial charge is 0.492 e. The average Bonchev–Trinajstić information content (AvgIpc) is 2.49. The Bertz CT molecular complexity index is 523. The lowest BCUT2D eigenvalue weighted by molar-refractivity contribution is -0.141. The first kappa shape index (κ1) is 15.5. The van der Waals surface area contributed by atoms with Crippen molar-refractivity contribution in [2.24, 2.45) is 0 Å². The van der Waals surface area contributed by atoms with Crippen LogP contribution in [-0.4, -0.2) is 52.7 Å². The number of benzene rings is 1. The van der Waals surface area contributed by atoms with Crippen molar-refractivity contribution >= 4 is 29.4 Å². The van der Waals surface area contributed by atoms with Crippen LogP contribution < -0.4 is 10.1 Å². The maximum absolute atomic E-state index is 12.3. The molecule has 1 aliphatic heterocycles. The highest BCUT2D eigenvalue weighted by molar-refractivity contribution is 7.99. The van der Waals surface area contributed by atoms with Gasteiger partial charge in [0.1, 0.15) is 11.8 Å². The van der Waals surface area contributed by atoms with Crippen LogP contribution in [-0.2, 0) is 4.79 Å². The molecule has 0 saturated carbocycles. The van der Waals surface area contributed by atoms with Crippen LogP contribution in [0.1, 0.15) is 6.92 Å². The summed E-state index contributed by atoms with van der Waals surface area (Å²) in [7, 11) is 0. The number of nitrogens with one attached hydrogen (secondary N) is 1. The Morgan fingerprint density at radius 3 is 2.95 bits per heavy atom. The second kappa shape index (κ2) is 7.21. The van der Waals surface area contributed by atoms with Gasteiger partial charge in [-0.05, 0) is 19.1 Å². The number of carboxylic acids is 1. The van der Waals surface area contributed by atoms with Gasteiger partial charge in [-0.1, -0.05) is 12.1 Å². The van der Waals surface area contributed by atoms with E-state index in [9.17, 15) is 14.7 Å². The van der Waals surface area contributed by atoms with Gasteiger partial charge in [0.05, 0.1) is 12.3 Å². The van der Waals surface area contributed by atoms with Gasteiger partial charge in [-0.15, -0.1) is 0 Å². The first-order chi connectivity index (χ1) is 10.1. The average molecular weight is 310 g/mol. The zero-order chi connectivity index (χ0) is 15.2. The second-order valence-corrected chi connectivity index (χ2v) is 5.63. The molecule has 0 radical (unpaired) electrons. The summed E-state index contributed by atoms with van der Waals surface area (Å²) >= 11 is 1.54. The molecule has 1 aromatic carbocycles. The number of carboxylic acid groups (broad SMARTS) is 1. The third-order valence-electron chi connectivity index (χ3n) is 3.10. The zero-order valence-electron chi connectivity index (χ0n) is 11.7.